The SMILES string of the molecule is CCCCCOc1ccc(CCC2CC2C(=O)OC)cc1. The molecule has 1 aliphatic rings. The summed E-state index contributed by atoms with van der Waals surface area (Å²) in [6.45, 7) is 3.00. The van der Waals surface area contributed by atoms with Gasteiger partial charge in [-0.25, -0.2) is 0 Å². The Morgan fingerprint density at radius 2 is 2.00 bits per heavy atom. The molecule has 21 heavy (non-hydrogen) atoms. The van der Waals surface area contributed by atoms with E-state index in [2.05, 4.69) is 19.1 Å². The van der Waals surface area contributed by atoms with Gasteiger partial charge in [-0.1, -0.05) is 31.9 Å². The smallest absolute Gasteiger partial charge is 0.308 e. The molecule has 0 bridgehead atoms. The quantitative estimate of drug-likeness (QED) is 0.509. The molecule has 0 aliphatic heterocycles. The number of carbonyl (C=O) groups excluding carboxylic acids is 1. The molecule has 0 aromatic heterocycles. The Bertz CT molecular complexity index is 438. The maximum absolute atomic E-state index is 11.3. The monoisotopic (exact) mass is 290 g/mol. The van der Waals surface area contributed by atoms with Crippen molar-refractivity contribution in [1.82, 2.24) is 0 Å². The summed E-state index contributed by atoms with van der Waals surface area (Å²) in [6, 6.07) is 8.35. The lowest BCUT2D eigenvalue weighted by molar-refractivity contribution is -0.142. The van der Waals surface area contributed by atoms with Crippen LogP contribution in [0.15, 0.2) is 24.3 Å². The molecule has 0 amide bonds. The first-order valence-electron chi connectivity index (χ1n) is 8.04. The Hall–Kier alpha value is -1.51. The molecule has 1 aromatic carbocycles. The highest BCUT2D eigenvalue weighted by Crippen LogP contribution is 2.42. The van der Waals surface area contributed by atoms with Gasteiger partial charge < -0.3 is 9.47 Å². The maximum atomic E-state index is 11.3. The zero-order valence-electron chi connectivity index (χ0n) is 13.1. The largest absolute Gasteiger partial charge is 0.494 e. The molecule has 0 saturated heterocycles. The van der Waals surface area contributed by atoms with E-state index in [1.165, 1.54) is 25.5 Å². The highest BCUT2D eigenvalue weighted by Gasteiger charge is 2.43. The molecule has 3 nitrogen and oxygen atoms in total. The third-order valence-electron chi connectivity index (χ3n) is 4.17. The molecule has 1 aromatic rings. The number of aryl methyl sites for hydroxylation is 1. The van der Waals surface area contributed by atoms with Gasteiger partial charge >= 0.3 is 5.97 Å². The van der Waals surface area contributed by atoms with E-state index in [0.29, 0.717) is 5.92 Å². The predicted octanol–water partition coefficient (Wildman–Crippen LogP) is 4.00. The van der Waals surface area contributed by atoms with Crippen LogP contribution in [0.3, 0.4) is 0 Å². The molecule has 2 atom stereocenters. The number of carbonyl (C=O) groups is 1. The minimum Gasteiger partial charge on any atom is -0.494 e. The number of hydrogen-bond acceptors (Lipinski definition) is 3. The molecule has 0 radical (unpaired) electrons. The van der Waals surface area contributed by atoms with Crippen molar-refractivity contribution in [3.63, 3.8) is 0 Å². The van der Waals surface area contributed by atoms with Gasteiger partial charge in [-0.05, 0) is 49.3 Å². The van der Waals surface area contributed by atoms with Crippen LogP contribution in [-0.2, 0) is 16.0 Å². The third kappa shape index (κ3) is 5.07. The van der Waals surface area contributed by atoms with Crippen LogP contribution in [0, 0.1) is 11.8 Å². The Morgan fingerprint density at radius 1 is 1.24 bits per heavy atom. The first kappa shape index (κ1) is 15.9. The van der Waals surface area contributed by atoms with Gasteiger partial charge in [-0.15, -0.1) is 0 Å². The summed E-state index contributed by atoms with van der Waals surface area (Å²) < 4.78 is 10.5. The van der Waals surface area contributed by atoms with Crippen LogP contribution >= 0.6 is 0 Å². The lowest BCUT2D eigenvalue weighted by atomic mass is 10.1. The molecule has 116 valence electrons. The molecule has 0 heterocycles. The van der Waals surface area contributed by atoms with Gasteiger partial charge in [-0.2, -0.15) is 0 Å². The lowest BCUT2D eigenvalue weighted by Gasteiger charge is -2.07. The Morgan fingerprint density at radius 3 is 2.67 bits per heavy atom. The van der Waals surface area contributed by atoms with E-state index in [-0.39, 0.29) is 11.9 Å². The van der Waals surface area contributed by atoms with E-state index < -0.39 is 0 Å². The number of benzene rings is 1. The molecular weight excluding hydrogens is 264 g/mol. The van der Waals surface area contributed by atoms with E-state index >= 15 is 0 Å². The first-order valence-corrected chi connectivity index (χ1v) is 8.04. The fourth-order valence-electron chi connectivity index (χ4n) is 2.65. The van der Waals surface area contributed by atoms with Crippen molar-refractivity contribution in [2.45, 2.75) is 45.4 Å². The van der Waals surface area contributed by atoms with Crippen LogP contribution in [0.4, 0.5) is 0 Å². The van der Waals surface area contributed by atoms with Gasteiger partial charge in [0, 0.05) is 0 Å². The van der Waals surface area contributed by atoms with E-state index in [4.69, 9.17) is 9.47 Å². The summed E-state index contributed by atoms with van der Waals surface area (Å²) in [4.78, 5) is 11.3. The number of rotatable bonds is 9. The van der Waals surface area contributed by atoms with Crippen LogP contribution < -0.4 is 4.74 Å². The summed E-state index contributed by atoms with van der Waals surface area (Å²) in [6.07, 6.45) is 6.64. The Kier molecular flexibility index (Phi) is 6.09. The number of hydrogen-bond donors (Lipinski definition) is 0. The summed E-state index contributed by atoms with van der Waals surface area (Å²) in [7, 11) is 1.47. The van der Waals surface area contributed by atoms with Crippen molar-refractivity contribution in [3.8, 4) is 5.75 Å². The van der Waals surface area contributed by atoms with Gasteiger partial charge in [-0.3, -0.25) is 4.79 Å². The Labute approximate surface area is 127 Å². The fourth-order valence-corrected chi connectivity index (χ4v) is 2.65. The van der Waals surface area contributed by atoms with E-state index in [0.717, 1.165) is 38.0 Å². The average molecular weight is 290 g/mol. The molecule has 2 rings (SSSR count). The van der Waals surface area contributed by atoms with Crippen molar-refractivity contribution in [3.05, 3.63) is 29.8 Å². The molecule has 2 unspecified atom stereocenters. The molecule has 0 spiro atoms. The van der Waals surface area contributed by atoms with E-state index in [9.17, 15) is 4.79 Å². The van der Waals surface area contributed by atoms with E-state index in [1.807, 2.05) is 12.1 Å². The predicted molar refractivity (Wildman–Crippen MR) is 83.4 cm³/mol. The van der Waals surface area contributed by atoms with Crippen LogP contribution in [0.1, 0.15) is 44.6 Å². The lowest BCUT2D eigenvalue weighted by Crippen LogP contribution is -2.04. The molecule has 3 heteroatoms. The first-order chi connectivity index (χ1) is 10.2. The van der Waals surface area contributed by atoms with Gasteiger partial charge in [0.05, 0.1) is 19.6 Å². The summed E-state index contributed by atoms with van der Waals surface area (Å²) in [5, 5.41) is 0. The van der Waals surface area contributed by atoms with Crippen LogP contribution in [-0.4, -0.2) is 19.7 Å². The third-order valence-corrected chi connectivity index (χ3v) is 4.17. The molecule has 1 fully saturated rings. The fraction of sp³-hybridized carbons (Fsp3) is 0.611. The number of methoxy groups -OCH3 is 1. The summed E-state index contributed by atoms with van der Waals surface area (Å²) in [5.41, 5.74) is 1.31. The highest BCUT2D eigenvalue weighted by atomic mass is 16.5. The van der Waals surface area contributed by atoms with Crippen molar-refractivity contribution in [2.24, 2.45) is 11.8 Å². The molecule has 1 saturated carbocycles. The van der Waals surface area contributed by atoms with Crippen molar-refractivity contribution >= 4 is 5.97 Å². The summed E-state index contributed by atoms with van der Waals surface area (Å²) in [5.74, 6) is 1.57. The van der Waals surface area contributed by atoms with Crippen molar-refractivity contribution < 1.29 is 14.3 Å². The number of ether oxygens (including phenoxy) is 2. The standard InChI is InChI=1S/C18H26O3/c1-3-4-5-12-21-16-10-7-14(8-11-16)6-9-15-13-17(15)18(19)20-2/h7-8,10-11,15,17H,3-6,9,12-13H2,1-2H3. The van der Waals surface area contributed by atoms with Crippen LogP contribution in [0.5, 0.6) is 5.75 Å². The van der Waals surface area contributed by atoms with Crippen LogP contribution in [0.25, 0.3) is 0 Å². The highest BCUT2D eigenvalue weighted by molar-refractivity contribution is 5.75. The number of esters is 1. The van der Waals surface area contributed by atoms with Crippen molar-refractivity contribution in [1.29, 1.82) is 0 Å². The van der Waals surface area contributed by atoms with Crippen LogP contribution in [0.2, 0.25) is 0 Å². The molecular formula is C18H26O3. The van der Waals surface area contributed by atoms with E-state index in [1.54, 1.807) is 0 Å². The second-order valence-electron chi connectivity index (χ2n) is 5.86. The minimum atomic E-state index is -0.0455. The second kappa shape index (κ2) is 8.06. The topological polar surface area (TPSA) is 35.5 Å². The number of unbranched alkanes of at least 4 members (excludes halogenated alkanes) is 2. The zero-order valence-corrected chi connectivity index (χ0v) is 13.1. The van der Waals surface area contributed by atoms with Gasteiger partial charge in [0.15, 0.2) is 0 Å². The minimum absolute atomic E-state index is 0.0455. The molecule has 0 N–H and O–H groups in total. The van der Waals surface area contributed by atoms with Gasteiger partial charge in [0.2, 0.25) is 0 Å². The second-order valence-corrected chi connectivity index (χ2v) is 5.86. The van der Waals surface area contributed by atoms with Gasteiger partial charge in [0.25, 0.3) is 0 Å². The van der Waals surface area contributed by atoms with Gasteiger partial charge in [0.1, 0.15) is 5.75 Å². The zero-order chi connectivity index (χ0) is 15.1. The summed E-state index contributed by atoms with van der Waals surface area (Å²) >= 11 is 0. The maximum Gasteiger partial charge on any atom is 0.308 e. The average Bonchev–Trinajstić information content (AvgIpc) is 3.29. The molecule has 1 aliphatic carbocycles. The Balaban J connectivity index is 1.67. The normalized spacial score (nSPS) is 20.1. The van der Waals surface area contributed by atoms with Crippen molar-refractivity contribution in [2.75, 3.05) is 13.7 Å².